The van der Waals surface area contributed by atoms with Gasteiger partial charge in [0.1, 0.15) is 13.2 Å². The van der Waals surface area contributed by atoms with E-state index in [1.54, 1.807) is 0 Å². The van der Waals surface area contributed by atoms with Gasteiger partial charge in [0.25, 0.3) is 0 Å². The second-order valence-electron chi connectivity index (χ2n) is 3.99. The molecule has 2 rings (SSSR count). The second kappa shape index (κ2) is 6.00. The molecule has 0 saturated heterocycles. The number of carbonyl (C=O) groups is 3. The van der Waals surface area contributed by atoms with Gasteiger partial charge < -0.3 is 14.2 Å². The molecule has 0 unspecified atom stereocenters. The zero-order valence-corrected chi connectivity index (χ0v) is 10.9. The smallest absolute Gasteiger partial charge is 0.345 e. The van der Waals surface area contributed by atoms with Crippen molar-refractivity contribution in [3.8, 4) is 0 Å². The van der Waals surface area contributed by atoms with Crippen LogP contribution in [0.3, 0.4) is 0 Å². The largest absolute Gasteiger partial charge is 0.459 e. The van der Waals surface area contributed by atoms with Crippen LogP contribution in [0.4, 0.5) is 0 Å². The number of benzene rings is 1. The van der Waals surface area contributed by atoms with Crippen molar-refractivity contribution in [3.63, 3.8) is 0 Å². The minimum absolute atomic E-state index is 0.0844. The maximum absolute atomic E-state index is 11.8. The van der Waals surface area contributed by atoms with Crippen molar-refractivity contribution in [1.29, 1.82) is 5.41 Å². The second-order valence-corrected chi connectivity index (χ2v) is 3.99. The van der Waals surface area contributed by atoms with E-state index < -0.39 is 17.9 Å². The van der Waals surface area contributed by atoms with Crippen LogP contribution < -0.4 is 0 Å². The molecular weight excluding hydrogens is 278 g/mol. The fourth-order valence-corrected chi connectivity index (χ4v) is 1.66. The molecule has 1 aliphatic rings. The first-order chi connectivity index (χ1) is 10.0. The molecule has 1 heterocycles. The molecule has 1 aliphatic heterocycles. The Morgan fingerprint density at radius 1 is 1.24 bits per heavy atom. The first kappa shape index (κ1) is 14.4. The number of carbonyl (C=O) groups excluding carboxylic acids is 3. The molecule has 0 aromatic heterocycles. The topological polar surface area (TPSA) is 103 Å². The summed E-state index contributed by atoms with van der Waals surface area (Å²) < 4.78 is 14.2. The fraction of sp³-hybridized carbons (Fsp3) is 0.143. The number of hydrogen-bond acceptors (Lipinski definition) is 7. The van der Waals surface area contributed by atoms with Crippen molar-refractivity contribution >= 4 is 23.8 Å². The van der Waals surface area contributed by atoms with Gasteiger partial charge in [-0.15, -0.1) is 0 Å². The molecule has 108 valence electrons. The summed E-state index contributed by atoms with van der Waals surface area (Å²) in [7, 11) is 0. The van der Waals surface area contributed by atoms with Crippen molar-refractivity contribution in [2.75, 3.05) is 13.2 Å². The minimum atomic E-state index is -0.653. The highest BCUT2D eigenvalue weighted by atomic mass is 16.6. The average molecular weight is 289 g/mol. The summed E-state index contributed by atoms with van der Waals surface area (Å²) >= 11 is 0. The highest BCUT2D eigenvalue weighted by Gasteiger charge is 2.27. The zero-order chi connectivity index (χ0) is 15.4. The predicted molar refractivity (Wildman–Crippen MR) is 70.1 cm³/mol. The van der Waals surface area contributed by atoms with E-state index in [2.05, 4.69) is 16.1 Å². The predicted octanol–water partition coefficient (Wildman–Crippen LogP) is 1.07. The maximum Gasteiger partial charge on any atom is 0.345 e. The third kappa shape index (κ3) is 3.14. The molecule has 0 aliphatic carbocycles. The van der Waals surface area contributed by atoms with Crippen LogP contribution in [0.1, 0.15) is 26.3 Å². The summed E-state index contributed by atoms with van der Waals surface area (Å²) in [4.78, 5) is 33.9. The minimum Gasteiger partial charge on any atom is -0.459 e. The molecule has 7 nitrogen and oxygen atoms in total. The third-order valence-electron chi connectivity index (χ3n) is 2.64. The van der Waals surface area contributed by atoms with Gasteiger partial charge in [-0.2, -0.15) is 0 Å². The van der Waals surface area contributed by atoms with Gasteiger partial charge in [-0.3, -0.25) is 5.41 Å². The van der Waals surface area contributed by atoms with E-state index in [0.717, 1.165) is 6.08 Å². The number of hydrogen-bond donors (Lipinski definition) is 1. The van der Waals surface area contributed by atoms with E-state index in [1.165, 1.54) is 18.2 Å². The fourth-order valence-electron chi connectivity index (χ4n) is 1.66. The van der Waals surface area contributed by atoms with Gasteiger partial charge in [0.15, 0.2) is 0 Å². The summed E-state index contributed by atoms with van der Waals surface area (Å²) in [6, 6.07) is 4.14. The summed E-state index contributed by atoms with van der Waals surface area (Å²) in [5, 5.41) is 7.47. The van der Waals surface area contributed by atoms with Crippen LogP contribution in [0.25, 0.3) is 0 Å². The molecular formula is C14H11NO6. The Bertz CT molecular complexity index is 649. The van der Waals surface area contributed by atoms with E-state index in [0.29, 0.717) is 0 Å². The van der Waals surface area contributed by atoms with Crippen LogP contribution in [0.2, 0.25) is 0 Å². The van der Waals surface area contributed by atoms with E-state index >= 15 is 0 Å². The molecule has 0 bridgehead atoms. The van der Waals surface area contributed by atoms with Gasteiger partial charge in [-0.25, -0.2) is 14.4 Å². The monoisotopic (exact) mass is 289 g/mol. The van der Waals surface area contributed by atoms with Gasteiger partial charge in [-0.1, -0.05) is 6.58 Å². The number of rotatable bonds is 5. The highest BCUT2D eigenvalue weighted by molar-refractivity contribution is 6.16. The molecule has 0 fully saturated rings. The van der Waals surface area contributed by atoms with Crippen LogP contribution in [0.15, 0.2) is 30.9 Å². The maximum atomic E-state index is 11.8. The van der Waals surface area contributed by atoms with E-state index in [4.69, 9.17) is 10.1 Å². The van der Waals surface area contributed by atoms with E-state index in [1.807, 2.05) is 0 Å². The van der Waals surface area contributed by atoms with Crippen LogP contribution in [0.5, 0.6) is 0 Å². The van der Waals surface area contributed by atoms with Crippen molar-refractivity contribution in [2.24, 2.45) is 0 Å². The molecule has 1 aromatic carbocycles. The number of cyclic esters (lactones) is 1. The number of ether oxygens (including phenoxy) is 3. The van der Waals surface area contributed by atoms with Crippen molar-refractivity contribution in [3.05, 3.63) is 47.5 Å². The molecule has 1 aromatic rings. The Labute approximate surface area is 119 Å². The van der Waals surface area contributed by atoms with Gasteiger partial charge in [-0.05, 0) is 18.2 Å². The van der Waals surface area contributed by atoms with E-state index in [9.17, 15) is 14.4 Å². The first-order valence-corrected chi connectivity index (χ1v) is 5.94. The Balaban J connectivity index is 1.96. The Morgan fingerprint density at radius 3 is 2.67 bits per heavy atom. The molecule has 0 atom stereocenters. The van der Waals surface area contributed by atoms with Crippen LogP contribution in [0, 0.1) is 5.41 Å². The average Bonchev–Trinajstić information content (AvgIpc) is 2.77. The SMILES string of the molecule is C=CC(=O)OCCOC(=O)c1ccc2c(c1)C(=N)OC2=O. The van der Waals surface area contributed by atoms with Gasteiger partial charge in [0, 0.05) is 6.08 Å². The molecule has 21 heavy (non-hydrogen) atoms. The molecule has 0 spiro atoms. The highest BCUT2D eigenvalue weighted by Crippen LogP contribution is 2.21. The lowest BCUT2D eigenvalue weighted by Crippen LogP contribution is -2.13. The summed E-state index contributed by atoms with van der Waals surface area (Å²) in [6.45, 7) is 3.03. The molecule has 0 saturated carbocycles. The van der Waals surface area contributed by atoms with Crippen LogP contribution in [-0.4, -0.2) is 37.0 Å². The Kier molecular flexibility index (Phi) is 4.13. The molecule has 0 radical (unpaired) electrons. The normalized spacial score (nSPS) is 12.4. The molecule has 0 amide bonds. The quantitative estimate of drug-likeness (QED) is 0.376. The Hall–Kier alpha value is -2.96. The zero-order valence-electron chi connectivity index (χ0n) is 10.9. The summed E-state index contributed by atoms with van der Waals surface area (Å²) in [6.07, 6.45) is 1.00. The lowest BCUT2D eigenvalue weighted by molar-refractivity contribution is -0.138. The lowest BCUT2D eigenvalue weighted by Gasteiger charge is -2.05. The van der Waals surface area contributed by atoms with Gasteiger partial charge in [0.05, 0.1) is 16.7 Å². The standard InChI is InChI=1S/C14H11NO6/c1-2-11(16)19-5-6-20-13(17)8-3-4-9-10(7-8)12(15)21-14(9)18/h2-4,7,15H,1,5-6H2. The molecule has 1 N–H and O–H groups in total. The van der Waals surface area contributed by atoms with Crippen LogP contribution in [-0.2, 0) is 19.0 Å². The van der Waals surface area contributed by atoms with Crippen molar-refractivity contribution in [1.82, 2.24) is 0 Å². The lowest BCUT2D eigenvalue weighted by atomic mass is 10.1. The van der Waals surface area contributed by atoms with Gasteiger partial charge in [0.2, 0.25) is 5.90 Å². The summed E-state index contributed by atoms with van der Waals surface area (Å²) in [5.74, 6) is -2.18. The number of esters is 3. The van der Waals surface area contributed by atoms with E-state index in [-0.39, 0.29) is 35.8 Å². The van der Waals surface area contributed by atoms with Crippen molar-refractivity contribution in [2.45, 2.75) is 0 Å². The number of nitrogens with one attached hydrogen (secondary N) is 1. The van der Waals surface area contributed by atoms with Crippen LogP contribution >= 0.6 is 0 Å². The Morgan fingerprint density at radius 2 is 1.95 bits per heavy atom. The first-order valence-electron chi connectivity index (χ1n) is 5.94. The summed E-state index contributed by atoms with van der Waals surface area (Å²) in [5.41, 5.74) is 0.649. The number of fused-ring (bicyclic) bond motifs is 1. The third-order valence-corrected chi connectivity index (χ3v) is 2.64. The van der Waals surface area contributed by atoms with Gasteiger partial charge >= 0.3 is 17.9 Å². The van der Waals surface area contributed by atoms with Crippen molar-refractivity contribution < 1.29 is 28.6 Å². The molecule has 7 heteroatoms.